The molecule has 0 radical (unpaired) electrons. The summed E-state index contributed by atoms with van der Waals surface area (Å²) in [6.45, 7) is 1.63. The summed E-state index contributed by atoms with van der Waals surface area (Å²) in [5, 5.41) is 1.14. The van der Waals surface area contributed by atoms with Crippen LogP contribution in [0.1, 0.15) is 28.8 Å². The fourth-order valence-electron chi connectivity index (χ4n) is 3.76. The van der Waals surface area contributed by atoms with E-state index in [4.69, 9.17) is 4.74 Å². The van der Waals surface area contributed by atoms with E-state index in [1.807, 2.05) is 47.6 Å². The highest BCUT2D eigenvalue weighted by atomic mass is 16.5. The fraction of sp³-hybridized carbons (Fsp3) is 0.333. The zero-order valence-corrected chi connectivity index (χ0v) is 14.9. The highest BCUT2D eigenvalue weighted by Gasteiger charge is 2.24. The van der Waals surface area contributed by atoms with Gasteiger partial charge in [-0.15, -0.1) is 0 Å². The van der Waals surface area contributed by atoms with Gasteiger partial charge in [-0.1, -0.05) is 0 Å². The molecule has 0 saturated carbocycles. The van der Waals surface area contributed by atoms with E-state index >= 15 is 0 Å². The maximum absolute atomic E-state index is 12.8. The first-order chi connectivity index (χ1) is 12.7. The Morgan fingerprint density at radius 1 is 1.31 bits per heavy atom. The van der Waals surface area contributed by atoms with Crippen LogP contribution in [-0.2, 0) is 6.42 Å². The number of amides is 1. The van der Waals surface area contributed by atoms with Crippen molar-refractivity contribution >= 4 is 16.9 Å². The summed E-state index contributed by atoms with van der Waals surface area (Å²) in [5.74, 6) is 1.35. The van der Waals surface area contributed by atoms with Crippen molar-refractivity contribution in [3.8, 4) is 5.75 Å². The summed E-state index contributed by atoms with van der Waals surface area (Å²) in [6, 6.07) is 11.6. The summed E-state index contributed by atoms with van der Waals surface area (Å²) in [7, 11) is 1.63. The van der Waals surface area contributed by atoms with Crippen LogP contribution < -0.4 is 4.74 Å². The number of pyridine rings is 1. The third kappa shape index (κ3) is 3.43. The molecule has 1 aromatic carbocycles. The average molecular weight is 349 g/mol. The quantitative estimate of drug-likeness (QED) is 0.782. The molecular formula is C21H23N3O2. The van der Waals surface area contributed by atoms with Crippen molar-refractivity contribution in [2.45, 2.75) is 19.3 Å². The highest BCUT2D eigenvalue weighted by Crippen LogP contribution is 2.24. The van der Waals surface area contributed by atoms with Crippen molar-refractivity contribution in [1.29, 1.82) is 0 Å². The van der Waals surface area contributed by atoms with Gasteiger partial charge in [-0.25, -0.2) is 4.98 Å². The number of piperidine rings is 1. The number of benzene rings is 1. The Hall–Kier alpha value is -2.82. The first kappa shape index (κ1) is 16.6. The molecule has 1 N–H and O–H groups in total. The molecule has 0 unspecified atom stereocenters. The number of nitrogens with zero attached hydrogens (tertiary/aromatic N) is 2. The number of nitrogens with one attached hydrogen (secondary N) is 1. The van der Waals surface area contributed by atoms with Crippen molar-refractivity contribution in [2.24, 2.45) is 5.92 Å². The summed E-state index contributed by atoms with van der Waals surface area (Å²) < 4.78 is 5.17. The van der Waals surface area contributed by atoms with E-state index in [1.165, 1.54) is 5.56 Å². The van der Waals surface area contributed by atoms with Gasteiger partial charge in [-0.3, -0.25) is 4.79 Å². The Morgan fingerprint density at radius 2 is 2.15 bits per heavy atom. The third-order valence-electron chi connectivity index (χ3n) is 5.12. The topological polar surface area (TPSA) is 58.2 Å². The lowest BCUT2D eigenvalue weighted by atomic mass is 9.91. The molecular weight excluding hydrogens is 326 g/mol. The van der Waals surface area contributed by atoms with Crippen LogP contribution >= 0.6 is 0 Å². The number of hydrogen-bond acceptors (Lipinski definition) is 3. The molecule has 3 aromatic rings. The summed E-state index contributed by atoms with van der Waals surface area (Å²) in [5.41, 5.74) is 2.89. The van der Waals surface area contributed by atoms with E-state index in [0.717, 1.165) is 54.7 Å². The van der Waals surface area contributed by atoms with Crippen LogP contribution in [0.15, 0.2) is 48.8 Å². The standard InChI is InChI=1S/C21H23N3O2/c1-26-19-6-4-17(5-7-19)21(25)24-10-2-3-15(14-24)11-16-12-18-8-9-22-20(18)23-13-16/h4-9,12-13,15H,2-3,10-11,14H2,1H3,(H,22,23)/t15-/m1/s1. The molecule has 26 heavy (non-hydrogen) atoms. The van der Waals surface area contributed by atoms with E-state index in [0.29, 0.717) is 5.92 Å². The normalized spacial score (nSPS) is 17.4. The summed E-state index contributed by atoms with van der Waals surface area (Å²) in [4.78, 5) is 22.4. The van der Waals surface area contributed by atoms with Crippen LogP contribution in [0.2, 0.25) is 0 Å². The molecule has 1 amide bonds. The molecule has 5 nitrogen and oxygen atoms in total. The lowest BCUT2D eigenvalue weighted by Crippen LogP contribution is -2.40. The van der Waals surface area contributed by atoms with Gasteiger partial charge in [-0.05, 0) is 67.1 Å². The number of carbonyl (C=O) groups excluding carboxylic acids is 1. The van der Waals surface area contributed by atoms with E-state index in [9.17, 15) is 4.79 Å². The zero-order valence-electron chi connectivity index (χ0n) is 14.9. The Kier molecular flexibility index (Phi) is 4.61. The number of carbonyl (C=O) groups is 1. The minimum Gasteiger partial charge on any atom is -0.497 e. The average Bonchev–Trinajstić information content (AvgIpc) is 3.15. The van der Waals surface area contributed by atoms with Gasteiger partial charge < -0.3 is 14.6 Å². The number of methoxy groups -OCH3 is 1. The Morgan fingerprint density at radius 3 is 2.96 bits per heavy atom. The second kappa shape index (κ2) is 7.20. The van der Waals surface area contributed by atoms with Crippen LogP contribution in [0.5, 0.6) is 5.75 Å². The number of fused-ring (bicyclic) bond motifs is 1. The first-order valence-electron chi connectivity index (χ1n) is 9.08. The highest BCUT2D eigenvalue weighted by molar-refractivity contribution is 5.94. The zero-order chi connectivity index (χ0) is 17.9. The van der Waals surface area contributed by atoms with Crippen molar-refractivity contribution in [2.75, 3.05) is 20.2 Å². The number of H-pyrrole nitrogens is 1. The third-order valence-corrected chi connectivity index (χ3v) is 5.12. The van der Waals surface area contributed by atoms with Crippen molar-refractivity contribution in [1.82, 2.24) is 14.9 Å². The van der Waals surface area contributed by atoms with Gasteiger partial charge in [-0.2, -0.15) is 0 Å². The number of aromatic amines is 1. The molecule has 134 valence electrons. The second-order valence-corrected chi connectivity index (χ2v) is 6.95. The second-order valence-electron chi connectivity index (χ2n) is 6.95. The van der Waals surface area contributed by atoms with E-state index < -0.39 is 0 Å². The molecule has 2 aromatic heterocycles. The molecule has 4 rings (SSSR count). The van der Waals surface area contributed by atoms with E-state index in [2.05, 4.69) is 16.0 Å². The lowest BCUT2D eigenvalue weighted by Gasteiger charge is -2.33. The SMILES string of the molecule is COc1ccc(C(=O)N2CCC[C@H](Cc3cnc4[nH]ccc4c3)C2)cc1. The fourth-order valence-corrected chi connectivity index (χ4v) is 3.76. The number of rotatable bonds is 4. The molecule has 0 spiro atoms. The summed E-state index contributed by atoms with van der Waals surface area (Å²) >= 11 is 0. The molecule has 3 heterocycles. The molecule has 1 aliphatic rings. The molecule has 0 bridgehead atoms. The maximum Gasteiger partial charge on any atom is 0.253 e. The predicted molar refractivity (Wildman–Crippen MR) is 101 cm³/mol. The number of hydrogen-bond donors (Lipinski definition) is 1. The smallest absolute Gasteiger partial charge is 0.253 e. The molecule has 1 atom stereocenters. The van der Waals surface area contributed by atoms with Gasteiger partial charge in [0.2, 0.25) is 0 Å². The number of aromatic nitrogens is 2. The molecule has 1 fully saturated rings. The van der Waals surface area contributed by atoms with E-state index in [1.54, 1.807) is 7.11 Å². The Bertz CT molecular complexity index is 901. The molecule has 5 heteroatoms. The van der Waals surface area contributed by atoms with Gasteiger partial charge in [0.15, 0.2) is 0 Å². The number of ether oxygens (including phenoxy) is 1. The minimum absolute atomic E-state index is 0.108. The van der Waals surface area contributed by atoms with Crippen LogP contribution in [0.25, 0.3) is 11.0 Å². The minimum atomic E-state index is 0.108. The van der Waals surface area contributed by atoms with Gasteiger partial charge in [0.25, 0.3) is 5.91 Å². The van der Waals surface area contributed by atoms with Gasteiger partial charge in [0, 0.05) is 36.4 Å². The van der Waals surface area contributed by atoms with Crippen molar-refractivity contribution in [3.05, 3.63) is 59.9 Å². The first-order valence-corrected chi connectivity index (χ1v) is 9.08. The maximum atomic E-state index is 12.8. The van der Waals surface area contributed by atoms with Gasteiger partial charge in [0.05, 0.1) is 7.11 Å². The number of likely N-dealkylation sites (tertiary alicyclic amines) is 1. The molecule has 1 saturated heterocycles. The van der Waals surface area contributed by atoms with Crippen molar-refractivity contribution in [3.63, 3.8) is 0 Å². The Labute approximate surface area is 153 Å². The molecule has 1 aliphatic heterocycles. The van der Waals surface area contributed by atoms with Crippen LogP contribution in [-0.4, -0.2) is 41.0 Å². The van der Waals surface area contributed by atoms with Gasteiger partial charge in [0.1, 0.15) is 11.4 Å². The van der Waals surface area contributed by atoms with Crippen molar-refractivity contribution < 1.29 is 9.53 Å². The van der Waals surface area contributed by atoms with Crippen LogP contribution in [0, 0.1) is 5.92 Å². The van der Waals surface area contributed by atoms with Crippen LogP contribution in [0.4, 0.5) is 0 Å². The Balaban J connectivity index is 1.43. The molecule has 0 aliphatic carbocycles. The largest absolute Gasteiger partial charge is 0.497 e. The van der Waals surface area contributed by atoms with Gasteiger partial charge >= 0.3 is 0 Å². The lowest BCUT2D eigenvalue weighted by molar-refractivity contribution is 0.0673. The van der Waals surface area contributed by atoms with Crippen LogP contribution in [0.3, 0.4) is 0 Å². The predicted octanol–water partition coefficient (Wildman–Crippen LogP) is 3.67. The summed E-state index contributed by atoms with van der Waals surface area (Å²) in [6.07, 6.45) is 7.02. The monoisotopic (exact) mass is 349 g/mol. The van der Waals surface area contributed by atoms with E-state index in [-0.39, 0.29) is 5.91 Å².